The van der Waals surface area contributed by atoms with Crippen LogP contribution in [0.4, 0.5) is 0 Å². The van der Waals surface area contributed by atoms with Crippen LogP contribution in [0.25, 0.3) is 0 Å². The van der Waals surface area contributed by atoms with Gasteiger partial charge in [0.1, 0.15) is 0 Å². The van der Waals surface area contributed by atoms with Crippen LogP contribution in [-0.2, 0) is 6.42 Å². The van der Waals surface area contributed by atoms with Crippen molar-refractivity contribution in [1.82, 2.24) is 0 Å². The van der Waals surface area contributed by atoms with Crippen LogP contribution in [0.5, 0.6) is 0 Å². The van der Waals surface area contributed by atoms with Crippen molar-refractivity contribution in [1.29, 1.82) is 0 Å². The Morgan fingerprint density at radius 3 is 1.56 bits per heavy atom. The summed E-state index contributed by atoms with van der Waals surface area (Å²) in [5, 5.41) is 0. The predicted molar refractivity (Wildman–Crippen MR) is 152 cm³/mol. The lowest BCUT2D eigenvalue weighted by Crippen LogP contribution is -2.21. The van der Waals surface area contributed by atoms with Crippen LogP contribution in [0.3, 0.4) is 0 Å². The van der Waals surface area contributed by atoms with E-state index >= 15 is 0 Å². The second-order valence-electron chi connectivity index (χ2n) is 10.5. The van der Waals surface area contributed by atoms with Gasteiger partial charge in [-0.1, -0.05) is 163 Å². The first-order valence-corrected chi connectivity index (χ1v) is 14.8. The highest BCUT2D eigenvalue weighted by molar-refractivity contribution is 6.18. The fraction of sp³-hybridized carbons (Fsp3) is 0.719. The van der Waals surface area contributed by atoms with Crippen molar-refractivity contribution < 1.29 is 0 Å². The molecule has 0 fully saturated rings. The fourth-order valence-corrected chi connectivity index (χ4v) is 5.42. The Kier molecular flexibility index (Phi) is 16.6. The second kappa shape index (κ2) is 19.7. The summed E-state index contributed by atoms with van der Waals surface area (Å²) in [5.74, 6) is 1.12. The maximum atomic E-state index is 4.61. The zero-order chi connectivity index (χ0) is 24.1. The molecule has 0 saturated carbocycles. The van der Waals surface area contributed by atoms with E-state index in [1.807, 2.05) is 12.4 Å². The number of benzene rings is 1. The van der Waals surface area contributed by atoms with Gasteiger partial charge >= 0.3 is 0 Å². The first-order valence-electron chi connectivity index (χ1n) is 14.8. The molecule has 0 aliphatic carbocycles. The van der Waals surface area contributed by atoms with Crippen molar-refractivity contribution in [3.05, 3.63) is 42.1 Å². The van der Waals surface area contributed by atoms with Crippen LogP contribution in [0.1, 0.15) is 135 Å². The second-order valence-corrected chi connectivity index (χ2v) is 10.5. The minimum Gasteiger partial charge on any atom is -0.0965 e. The van der Waals surface area contributed by atoms with E-state index in [0.717, 1.165) is 12.6 Å². The van der Waals surface area contributed by atoms with Crippen LogP contribution in [0, 0.1) is 18.0 Å². The molecule has 2 atom stereocenters. The zero-order valence-electron chi connectivity index (χ0n) is 22.5. The summed E-state index contributed by atoms with van der Waals surface area (Å²) in [4.78, 5) is 9.22. The lowest BCUT2D eigenvalue weighted by atomic mass is 9.80. The molecule has 0 aromatic heterocycles. The van der Waals surface area contributed by atoms with E-state index in [9.17, 15) is 0 Å². The van der Waals surface area contributed by atoms with Crippen LogP contribution in [0.15, 0.2) is 40.3 Å². The lowest BCUT2D eigenvalue weighted by Gasteiger charge is -2.24. The van der Waals surface area contributed by atoms with Crippen molar-refractivity contribution in [3.63, 3.8) is 0 Å². The number of hydrogen-bond acceptors (Lipinski definition) is 2. The van der Waals surface area contributed by atoms with E-state index in [0.29, 0.717) is 11.8 Å². The SMILES string of the molecule is CCCCCCCCCCCCCCCCCCC([C+]1N=CC=N1)C(CC)Cc1ccccc1. The van der Waals surface area contributed by atoms with Gasteiger partial charge in [-0.25, -0.2) is 0 Å². The van der Waals surface area contributed by atoms with Gasteiger partial charge < -0.3 is 0 Å². The third-order valence-electron chi connectivity index (χ3n) is 7.61. The average Bonchev–Trinajstić information content (AvgIpc) is 3.40. The van der Waals surface area contributed by atoms with Gasteiger partial charge in [0, 0.05) is 0 Å². The molecule has 34 heavy (non-hydrogen) atoms. The van der Waals surface area contributed by atoms with E-state index in [4.69, 9.17) is 0 Å². The molecule has 0 bridgehead atoms. The van der Waals surface area contributed by atoms with Gasteiger partial charge in [0.2, 0.25) is 6.17 Å². The smallest absolute Gasteiger partial charge is 0.0965 e. The van der Waals surface area contributed by atoms with E-state index in [1.165, 1.54) is 121 Å². The number of rotatable bonds is 22. The van der Waals surface area contributed by atoms with Gasteiger partial charge in [0.05, 0.1) is 5.92 Å². The highest BCUT2D eigenvalue weighted by atomic mass is 15.0. The minimum absolute atomic E-state index is 0.492. The molecular formula is C32H53N2+. The third-order valence-corrected chi connectivity index (χ3v) is 7.61. The van der Waals surface area contributed by atoms with Crippen molar-refractivity contribution in [2.75, 3.05) is 0 Å². The maximum Gasteiger partial charge on any atom is 0.244 e. The zero-order valence-corrected chi connectivity index (χ0v) is 22.5. The molecule has 0 N–H and O–H groups in total. The summed E-state index contributed by atoms with van der Waals surface area (Å²) in [6.07, 6.45) is 31.1. The van der Waals surface area contributed by atoms with E-state index in [1.54, 1.807) is 0 Å². The highest BCUT2D eigenvalue weighted by Crippen LogP contribution is 2.35. The fourth-order valence-electron chi connectivity index (χ4n) is 5.42. The molecule has 2 unspecified atom stereocenters. The first-order chi connectivity index (χ1) is 16.8. The predicted octanol–water partition coefficient (Wildman–Crippen LogP) is 10.2. The molecule has 1 heterocycles. The molecule has 0 spiro atoms. The maximum absolute atomic E-state index is 4.61. The number of hydrogen-bond donors (Lipinski definition) is 0. The Balaban J connectivity index is 1.51. The molecule has 0 radical (unpaired) electrons. The van der Waals surface area contributed by atoms with Crippen LogP contribution >= 0.6 is 0 Å². The molecule has 0 saturated heterocycles. The van der Waals surface area contributed by atoms with Crippen LogP contribution < -0.4 is 0 Å². The molecule has 0 amide bonds. The van der Waals surface area contributed by atoms with Crippen molar-refractivity contribution >= 4 is 12.4 Å². The minimum atomic E-state index is 0.492. The molecule has 1 aromatic carbocycles. The Morgan fingerprint density at radius 2 is 1.09 bits per heavy atom. The Morgan fingerprint density at radius 1 is 0.618 bits per heavy atom. The summed E-state index contributed by atoms with van der Waals surface area (Å²) in [7, 11) is 0. The van der Waals surface area contributed by atoms with Crippen LogP contribution in [-0.4, -0.2) is 12.4 Å². The topological polar surface area (TPSA) is 24.7 Å². The summed E-state index contributed by atoms with van der Waals surface area (Å²) in [6, 6.07) is 11.0. The molecule has 2 rings (SSSR count). The summed E-state index contributed by atoms with van der Waals surface area (Å²) < 4.78 is 0. The highest BCUT2D eigenvalue weighted by Gasteiger charge is 2.34. The molecule has 2 heteroatoms. The summed E-state index contributed by atoms with van der Waals surface area (Å²) in [5.41, 5.74) is 1.44. The van der Waals surface area contributed by atoms with Crippen molar-refractivity contribution in [2.45, 2.75) is 136 Å². The summed E-state index contributed by atoms with van der Waals surface area (Å²) in [6.45, 7) is 4.63. The Bertz CT molecular complexity index is 624. The van der Waals surface area contributed by atoms with Gasteiger partial charge in [0.15, 0.2) is 12.4 Å². The molecule has 2 nitrogen and oxygen atoms in total. The molecule has 1 aromatic rings. The lowest BCUT2D eigenvalue weighted by molar-refractivity contribution is 0.300. The van der Waals surface area contributed by atoms with Gasteiger partial charge in [-0.05, 0) is 24.3 Å². The quantitative estimate of drug-likeness (QED) is 0.120. The van der Waals surface area contributed by atoms with E-state index in [2.05, 4.69) is 54.2 Å². The van der Waals surface area contributed by atoms with Crippen molar-refractivity contribution in [2.24, 2.45) is 21.8 Å². The number of unbranched alkanes of at least 4 members (excludes halogenated alkanes) is 15. The van der Waals surface area contributed by atoms with Gasteiger partial charge in [-0.2, -0.15) is 0 Å². The largest absolute Gasteiger partial charge is 0.244 e. The number of aliphatic imine (C=N–C) groups is 2. The normalized spacial score (nSPS) is 14.7. The summed E-state index contributed by atoms with van der Waals surface area (Å²) >= 11 is 0. The standard InChI is InChI=1S/C32H53N2/c1-3-5-6-7-8-9-10-11-12-13-14-15-16-17-18-22-25-31(32-33-26-27-34-32)30(4-2)28-29-23-20-19-21-24-29/h19-21,23-24,26-27,30-31H,3-18,22,25,28H2,1-2H3/q+1. The van der Waals surface area contributed by atoms with E-state index in [-0.39, 0.29) is 0 Å². The van der Waals surface area contributed by atoms with Crippen molar-refractivity contribution in [3.8, 4) is 0 Å². The van der Waals surface area contributed by atoms with Gasteiger partial charge in [0.25, 0.3) is 0 Å². The monoisotopic (exact) mass is 465 g/mol. The first kappa shape index (κ1) is 28.7. The van der Waals surface area contributed by atoms with Gasteiger partial charge in [-0.3, -0.25) is 0 Å². The Labute approximate surface area is 212 Å². The molecule has 1 aliphatic heterocycles. The number of nitrogens with zero attached hydrogens (tertiary/aromatic N) is 2. The molecular weight excluding hydrogens is 412 g/mol. The Hall–Kier alpha value is -1.57. The van der Waals surface area contributed by atoms with Crippen LogP contribution in [0.2, 0.25) is 0 Å². The van der Waals surface area contributed by atoms with Gasteiger partial charge in [-0.15, -0.1) is 0 Å². The average molecular weight is 466 g/mol. The van der Waals surface area contributed by atoms with E-state index < -0.39 is 0 Å². The molecule has 1 aliphatic rings. The molecule has 190 valence electrons. The third kappa shape index (κ3) is 12.8.